The lowest BCUT2D eigenvalue weighted by Gasteiger charge is -2.14. The maximum absolute atomic E-state index is 12.9. The van der Waals surface area contributed by atoms with Gasteiger partial charge in [0, 0.05) is 8.59 Å². The van der Waals surface area contributed by atoms with Crippen LogP contribution in [0, 0.1) is 7.14 Å². The predicted octanol–water partition coefficient (Wildman–Crippen LogP) is 7.38. The molecule has 0 saturated carbocycles. The van der Waals surface area contributed by atoms with Crippen LogP contribution < -0.4 is 14.4 Å². The smallest absolute Gasteiger partial charge is 0.298 e. The lowest BCUT2D eigenvalue weighted by atomic mass is 10.1. The average molecular weight is 704 g/mol. The van der Waals surface area contributed by atoms with Crippen LogP contribution in [0.1, 0.15) is 11.1 Å². The topological polar surface area (TPSA) is 55.8 Å². The maximum atomic E-state index is 12.9. The third-order valence-electron chi connectivity index (χ3n) is 4.72. The van der Waals surface area contributed by atoms with Crippen molar-refractivity contribution in [2.45, 2.75) is 6.61 Å². The summed E-state index contributed by atoms with van der Waals surface area (Å²) in [6, 6.07) is 18.4. The van der Waals surface area contributed by atoms with Crippen LogP contribution >= 0.6 is 68.5 Å². The molecule has 0 atom stereocenters. The number of ether oxygens (including phenoxy) is 2. The second-order valence-corrected chi connectivity index (χ2v) is 10.8. The zero-order valence-electron chi connectivity index (χ0n) is 17.2. The largest absolute Gasteiger partial charge is 0.493 e. The van der Waals surface area contributed by atoms with Gasteiger partial charge >= 0.3 is 0 Å². The molecule has 5 nitrogen and oxygen atoms in total. The summed E-state index contributed by atoms with van der Waals surface area (Å²) in [6.45, 7) is 0.405. The summed E-state index contributed by atoms with van der Waals surface area (Å²) in [6.07, 6.45) is 1.69. The summed E-state index contributed by atoms with van der Waals surface area (Å²) < 4.78 is 13.6. The zero-order valence-corrected chi connectivity index (χ0v) is 23.1. The molecule has 0 N–H and O–H groups in total. The summed E-state index contributed by atoms with van der Waals surface area (Å²) in [5.74, 6) is 0.805. The first kappa shape index (κ1) is 24.4. The highest BCUT2D eigenvalue weighted by Crippen LogP contribution is 2.39. The van der Waals surface area contributed by atoms with Crippen molar-refractivity contribution in [3.8, 4) is 11.5 Å². The van der Waals surface area contributed by atoms with Crippen LogP contribution in [0.3, 0.4) is 0 Å². The molecule has 0 radical (unpaired) electrons. The Morgan fingerprint density at radius 1 is 1.03 bits per heavy atom. The Kier molecular flexibility index (Phi) is 7.87. The van der Waals surface area contributed by atoms with Crippen LogP contribution in [0.15, 0.2) is 65.6 Å². The summed E-state index contributed by atoms with van der Waals surface area (Å²) >= 11 is 11.3. The number of thioether (sulfide) groups is 1. The normalized spacial score (nSPS) is 14.8. The first-order chi connectivity index (χ1) is 15.9. The van der Waals surface area contributed by atoms with E-state index >= 15 is 0 Å². The molecule has 3 aromatic carbocycles. The van der Waals surface area contributed by atoms with Gasteiger partial charge in [0.15, 0.2) is 11.5 Å². The molecule has 168 valence electrons. The van der Waals surface area contributed by atoms with Crippen molar-refractivity contribution in [3.05, 3.63) is 88.9 Å². The molecule has 0 spiro atoms. The van der Waals surface area contributed by atoms with Gasteiger partial charge in [-0.1, -0.05) is 23.7 Å². The minimum absolute atomic E-state index is 0.334. The van der Waals surface area contributed by atoms with Crippen molar-refractivity contribution in [1.82, 2.24) is 0 Å². The van der Waals surface area contributed by atoms with Crippen LogP contribution in [-0.4, -0.2) is 18.3 Å². The summed E-state index contributed by atoms with van der Waals surface area (Å²) in [4.78, 5) is 26.9. The van der Waals surface area contributed by atoms with E-state index < -0.39 is 0 Å². The van der Waals surface area contributed by atoms with Gasteiger partial charge in [-0.3, -0.25) is 9.59 Å². The van der Waals surface area contributed by atoms with Crippen LogP contribution in [0.5, 0.6) is 11.5 Å². The number of nitrogens with zero attached hydrogens (tertiary/aromatic N) is 1. The van der Waals surface area contributed by atoms with Crippen molar-refractivity contribution in [2.75, 3.05) is 12.0 Å². The molecular weight excluding hydrogens is 688 g/mol. The highest BCUT2D eigenvalue weighted by Gasteiger charge is 2.36. The first-order valence-corrected chi connectivity index (χ1v) is 13.0. The molecule has 1 fully saturated rings. The Bertz CT molecular complexity index is 1250. The van der Waals surface area contributed by atoms with Crippen LogP contribution in [0.2, 0.25) is 5.02 Å². The molecular formula is C24H16ClI2NO4S. The highest BCUT2D eigenvalue weighted by atomic mass is 127. The van der Waals surface area contributed by atoms with E-state index in [2.05, 4.69) is 45.2 Å². The molecule has 9 heteroatoms. The van der Waals surface area contributed by atoms with Crippen LogP contribution in [-0.2, 0) is 11.4 Å². The Labute approximate surface area is 227 Å². The van der Waals surface area contributed by atoms with Gasteiger partial charge in [-0.2, -0.15) is 0 Å². The lowest BCUT2D eigenvalue weighted by molar-refractivity contribution is -0.113. The quantitative estimate of drug-likeness (QED) is 0.198. The molecule has 0 aromatic heterocycles. The summed E-state index contributed by atoms with van der Waals surface area (Å²) in [5, 5.41) is 0.181. The number of carbonyl (C=O) groups is 2. The summed E-state index contributed by atoms with van der Waals surface area (Å²) in [7, 11) is 1.57. The lowest BCUT2D eigenvalue weighted by Crippen LogP contribution is -2.27. The van der Waals surface area contributed by atoms with Gasteiger partial charge < -0.3 is 9.47 Å². The van der Waals surface area contributed by atoms with Gasteiger partial charge in [0.1, 0.15) is 6.61 Å². The summed E-state index contributed by atoms with van der Waals surface area (Å²) in [5.41, 5.74) is 2.27. The Balaban J connectivity index is 1.57. The number of hydrogen-bond acceptors (Lipinski definition) is 5. The molecule has 1 heterocycles. The van der Waals surface area contributed by atoms with E-state index in [1.54, 1.807) is 43.5 Å². The molecule has 0 unspecified atom stereocenters. The Hall–Kier alpha value is -1.76. The van der Waals surface area contributed by atoms with Gasteiger partial charge in [-0.15, -0.1) is 0 Å². The van der Waals surface area contributed by atoms with E-state index in [-0.39, 0.29) is 11.1 Å². The molecule has 1 aliphatic heterocycles. The number of amides is 2. The number of methoxy groups -OCH3 is 1. The number of hydrogen-bond donors (Lipinski definition) is 0. The molecule has 2 amide bonds. The number of benzene rings is 3. The fourth-order valence-electron chi connectivity index (χ4n) is 3.13. The molecule has 0 aliphatic carbocycles. The van der Waals surface area contributed by atoms with Crippen molar-refractivity contribution >= 4 is 91.5 Å². The minimum atomic E-state index is -0.375. The minimum Gasteiger partial charge on any atom is -0.493 e. The van der Waals surface area contributed by atoms with Gasteiger partial charge in [0.2, 0.25) is 0 Å². The fourth-order valence-corrected chi connectivity index (χ4v) is 5.24. The van der Waals surface area contributed by atoms with Gasteiger partial charge in [-0.05, 0) is 123 Å². The highest BCUT2D eigenvalue weighted by molar-refractivity contribution is 14.1. The van der Waals surface area contributed by atoms with Gasteiger partial charge in [-0.25, -0.2) is 4.90 Å². The first-order valence-electron chi connectivity index (χ1n) is 9.64. The van der Waals surface area contributed by atoms with Crippen molar-refractivity contribution in [1.29, 1.82) is 0 Å². The van der Waals surface area contributed by atoms with Crippen molar-refractivity contribution in [2.24, 2.45) is 0 Å². The number of halogens is 3. The van der Waals surface area contributed by atoms with E-state index in [0.29, 0.717) is 33.7 Å². The van der Waals surface area contributed by atoms with Crippen LogP contribution in [0.25, 0.3) is 6.08 Å². The fraction of sp³-hybridized carbons (Fsp3) is 0.0833. The van der Waals surface area contributed by atoms with Crippen molar-refractivity contribution < 1.29 is 19.1 Å². The maximum Gasteiger partial charge on any atom is 0.298 e. The molecule has 1 saturated heterocycles. The van der Waals surface area contributed by atoms with Crippen molar-refractivity contribution in [3.63, 3.8) is 0 Å². The van der Waals surface area contributed by atoms with E-state index in [9.17, 15) is 9.59 Å². The average Bonchev–Trinajstić information content (AvgIpc) is 3.07. The molecule has 33 heavy (non-hydrogen) atoms. The second-order valence-electron chi connectivity index (χ2n) is 6.94. The van der Waals surface area contributed by atoms with Gasteiger partial charge in [0.05, 0.1) is 21.3 Å². The second kappa shape index (κ2) is 10.7. The SMILES string of the molecule is COc1cc(/C=C2/SC(=O)N(c3ccc(Cl)cc3)C2=O)cc(I)c1OCc1ccc(I)cc1. The number of carbonyl (C=O) groups excluding carboxylic acids is 2. The monoisotopic (exact) mass is 703 g/mol. The number of imide groups is 1. The number of rotatable bonds is 6. The molecule has 1 aliphatic rings. The van der Waals surface area contributed by atoms with E-state index in [1.165, 1.54) is 0 Å². The predicted molar refractivity (Wildman–Crippen MR) is 149 cm³/mol. The van der Waals surface area contributed by atoms with Crippen LogP contribution in [0.4, 0.5) is 10.5 Å². The van der Waals surface area contributed by atoms with Gasteiger partial charge in [0.25, 0.3) is 11.1 Å². The molecule has 0 bridgehead atoms. The van der Waals surface area contributed by atoms with E-state index in [1.807, 2.05) is 30.3 Å². The van der Waals surface area contributed by atoms with E-state index in [0.717, 1.165) is 34.9 Å². The third-order valence-corrected chi connectivity index (χ3v) is 7.37. The standard InChI is InChI=1S/C24H16ClI2NO4S/c1-31-20-11-15(10-19(27)22(20)32-13-14-2-6-17(26)7-3-14)12-21-23(29)28(24(30)33-21)18-8-4-16(25)5-9-18/h2-12H,13H2,1H3/b21-12+. The number of anilines is 1. The van der Waals surface area contributed by atoms with E-state index in [4.69, 9.17) is 21.1 Å². The Morgan fingerprint density at radius 3 is 2.39 bits per heavy atom. The zero-order chi connectivity index (χ0) is 23.5. The molecule has 4 rings (SSSR count). The molecule has 3 aromatic rings. The Morgan fingerprint density at radius 2 is 1.73 bits per heavy atom. The third kappa shape index (κ3) is 5.67.